The Labute approximate surface area is 182 Å². The van der Waals surface area contributed by atoms with E-state index in [0.717, 1.165) is 25.7 Å². The third kappa shape index (κ3) is 3.90. The number of hydrogen-bond acceptors (Lipinski definition) is 5. The fourth-order valence-corrected chi connectivity index (χ4v) is 5.91. The summed E-state index contributed by atoms with van der Waals surface area (Å²) in [5.74, 6) is 1.01. The molecular weight excluding hydrogens is 416 g/mol. The highest BCUT2D eigenvalue weighted by Crippen LogP contribution is 2.33. The van der Waals surface area contributed by atoms with Crippen molar-refractivity contribution < 1.29 is 22.7 Å². The number of aryl methyl sites for hydroxylation is 2. The van der Waals surface area contributed by atoms with Crippen LogP contribution in [-0.2, 0) is 22.9 Å². The molecule has 1 fully saturated rings. The van der Waals surface area contributed by atoms with Crippen LogP contribution in [0.1, 0.15) is 34.3 Å². The van der Waals surface area contributed by atoms with Gasteiger partial charge in [0, 0.05) is 44.2 Å². The molecule has 7 nitrogen and oxygen atoms in total. The van der Waals surface area contributed by atoms with Gasteiger partial charge in [0.1, 0.15) is 0 Å². The molecule has 5 rings (SSSR count). The molecule has 1 aliphatic carbocycles. The van der Waals surface area contributed by atoms with Gasteiger partial charge < -0.3 is 14.4 Å². The number of benzene rings is 2. The fourth-order valence-electron chi connectivity index (χ4n) is 4.47. The number of fused-ring (bicyclic) bond motifs is 2. The van der Waals surface area contributed by atoms with Gasteiger partial charge >= 0.3 is 0 Å². The first-order valence-corrected chi connectivity index (χ1v) is 12.3. The van der Waals surface area contributed by atoms with Crippen LogP contribution in [-0.4, -0.2) is 62.9 Å². The number of rotatable bonds is 3. The molecule has 0 N–H and O–H groups in total. The van der Waals surface area contributed by atoms with E-state index in [1.807, 2.05) is 12.1 Å². The van der Waals surface area contributed by atoms with Gasteiger partial charge in [-0.25, -0.2) is 8.42 Å². The molecule has 0 spiro atoms. The Kier molecular flexibility index (Phi) is 5.35. The van der Waals surface area contributed by atoms with Crippen LogP contribution in [0, 0.1) is 0 Å². The second-order valence-electron chi connectivity index (χ2n) is 8.19. The molecule has 0 unspecified atom stereocenters. The molecule has 2 aromatic carbocycles. The van der Waals surface area contributed by atoms with Crippen molar-refractivity contribution in [1.29, 1.82) is 0 Å². The molecule has 0 saturated carbocycles. The molecule has 1 amide bonds. The maximum atomic E-state index is 13.2. The minimum Gasteiger partial charge on any atom is -0.490 e. The molecule has 0 atom stereocenters. The van der Waals surface area contributed by atoms with Crippen LogP contribution in [0.2, 0.25) is 0 Å². The zero-order valence-corrected chi connectivity index (χ0v) is 18.2. The minimum atomic E-state index is -3.67. The molecule has 0 radical (unpaired) electrons. The van der Waals surface area contributed by atoms with E-state index in [0.29, 0.717) is 43.4 Å². The zero-order chi connectivity index (χ0) is 21.4. The van der Waals surface area contributed by atoms with E-state index in [2.05, 4.69) is 6.07 Å². The van der Waals surface area contributed by atoms with Gasteiger partial charge in [-0.2, -0.15) is 4.31 Å². The second-order valence-corrected chi connectivity index (χ2v) is 10.1. The Bertz CT molecular complexity index is 1110. The van der Waals surface area contributed by atoms with Gasteiger partial charge in [-0.15, -0.1) is 0 Å². The molecule has 2 heterocycles. The zero-order valence-electron chi connectivity index (χ0n) is 17.4. The number of carbonyl (C=O) groups excluding carboxylic acids is 1. The van der Waals surface area contributed by atoms with Crippen LogP contribution in [0.15, 0.2) is 41.3 Å². The number of carbonyl (C=O) groups is 1. The average Bonchev–Trinajstić information content (AvgIpc) is 3.14. The molecule has 0 bridgehead atoms. The quantitative estimate of drug-likeness (QED) is 0.730. The number of piperazine rings is 1. The summed E-state index contributed by atoms with van der Waals surface area (Å²) in [4.78, 5) is 14.9. The molecule has 164 valence electrons. The van der Waals surface area contributed by atoms with E-state index in [4.69, 9.17) is 9.47 Å². The molecule has 3 aliphatic rings. The van der Waals surface area contributed by atoms with Gasteiger partial charge in [-0.1, -0.05) is 6.07 Å². The molecule has 0 aromatic heterocycles. The summed E-state index contributed by atoms with van der Waals surface area (Å²) >= 11 is 0. The minimum absolute atomic E-state index is 0.0256. The topological polar surface area (TPSA) is 76.2 Å². The third-order valence-corrected chi connectivity index (χ3v) is 8.12. The number of amides is 1. The van der Waals surface area contributed by atoms with Crippen LogP contribution in [0.25, 0.3) is 0 Å². The highest BCUT2D eigenvalue weighted by molar-refractivity contribution is 7.89. The predicted molar refractivity (Wildman–Crippen MR) is 115 cm³/mol. The van der Waals surface area contributed by atoms with Crippen molar-refractivity contribution in [3.05, 3.63) is 53.1 Å². The largest absolute Gasteiger partial charge is 0.490 e. The first-order chi connectivity index (χ1) is 15.0. The van der Waals surface area contributed by atoms with Gasteiger partial charge in [0.2, 0.25) is 10.0 Å². The van der Waals surface area contributed by atoms with E-state index >= 15 is 0 Å². The Hall–Kier alpha value is -2.58. The Morgan fingerprint density at radius 2 is 1.55 bits per heavy atom. The Morgan fingerprint density at radius 3 is 2.35 bits per heavy atom. The van der Waals surface area contributed by atoms with Crippen molar-refractivity contribution in [3.63, 3.8) is 0 Å². The van der Waals surface area contributed by atoms with E-state index in [-0.39, 0.29) is 23.9 Å². The van der Waals surface area contributed by atoms with Crippen LogP contribution in [0.3, 0.4) is 0 Å². The van der Waals surface area contributed by atoms with Crippen LogP contribution < -0.4 is 9.47 Å². The normalized spacial score (nSPS) is 19.0. The maximum Gasteiger partial charge on any atom is 0.253 e. The molecule has 2 aromatic rings. The first-order valence-electron chi connectivity index (χ1n) is 10.8. The van der Waals surface area contributed by atoms with E-state index in [1.54, 1.807) is 17.0 Å². The molecule has 31 heavy (non-hydrogen) atoms. The van der Waals surface area contributed by atoms with Crippen molar-refractivity contribution in [1.82, 2.24) is 9.21 Å². The van der Waals surface area contributed by atoms with Crippen molar-refractivity contribution in [2.75, 3.05) is 39.4 Å². The number of hydrogen-bond donors (Lipinski definition) is 0. The van der Waals surface area contributed by atoms with Crippen molar-refractivity contribution in [2.24, 2.45) is 0 Å². The lowest BCUT2D eigenvalue weighted by Gasteiger charge is -2.34. The SMILES string of the molecule is O=C(c1ccc2c(c1)CCC2)N1CCN(S(=O)(=O)c2ccc3c(c2)OCCCO3)CC1. The Morgan fingerprint density at radius 1 is 0.806 bits per heavy atom. The van der Waals surface area contributed by atoms with Gasteiger partial charge in [0.05, 0.1) is 18.1 Å². The maximum absolute atomic E-state index is 13.2. The lowest BCUT2D eigenvalue weighted by Crippen LogP contribution is -2.50. The summed E-state index contributed by atoms with van der Waals surface area (Å²) in [7, 11) is -3.67. The summed E-state index contributed by atoms with van der Waals surface area (Å²) in [6, 6.07) is 10.7. The van der Waals surface area contributed by atoms with Gasteiger partial charge in [0.15, 0.2) is 11.5 Å². The Balaban J connectivity index is 1.27. The van der Waals surface area contributed by atoms with E-state index < -0.39 is 10.0 Å². The molecule has 8 heteroatoms. The highest BCUT2D eigenvalue weighted by atomic mass is 32.2. The summed E-state index contributed by atoms with van der Waals surface area (Å²) in [6.45, 7) is 2.35. The third-order valence-electron chi connectivity index (χ3n) is 6.23. The smallest absolute Gasteiger partial charge is 0.253 e. The van der Waals surface area contributed by atoms with Crippen LogP contribution in [0.4, 0.5) is 0 Å². The lowest BCUT2D eigenvalue weighted by atomic mass is 10.1. The number of nitrogens with zero attached hydrogens (tertiary/aromatic N) is 2. The lowest BCUT2D eigenvalue weighted by molar-refractivity contribution is 0.0698. The fraction of sp³-hybridized carbons (Fsp3) is 0.435. The standard InChI is InChI=1S/C23H26N2O5S/c26-23(19-6-5-17-3-1-4-18(17)15-19)24-9-11-25(12-10-24)31(27,28)20-7-8-21-22(16-20)30-14-2-13-29-21/h5-8,15-16H,1-4,9-14H2. The summed E-state index contributed by atoms with van der Waals surface area (Å²) in [5.41, 5.74) is 3.30. The van der Waals surface area contributed by atoms with Crippen LogP contribution >= 0.6 is 0 Å². The number of ether oxygens (including phenoxy) is 2. The summed E-state index contributed by atoms with van der Waals surface area (Å²) < 4.78 is 39.0. The van der Waals surface area contributed by atoms with Gasteiger partial charge in [-0.3, -0.25) is 4.79 Å². The predicted octanol–water partition coefficient (Wildman–Crippen LogP) is 2.48. The molecule has 2 aliphatic heterocycles. The second kappa shape index (κ2) is 8.16. The van der Waals surface area contributed by atoms with Crippen molar-refractivity contribution >= 4 is 15.9 Å². The first kappa shape index (κ1) is 20.3. The van der Waals surface area contributed by atoms with Gasteiger partial charge in [-0.05, 0) is 54.7 Å². The van der Waals surface area contributed by atoms with Gasteiger partial charge in [0.25, 0.3) is 5.91 Å². The highest BCUT2D eigenvalue weighted by Gasteiger charge is 2.31. The average molecular weight is 443 g/mol. The van der Waals surface area contributed by atoms with Crippen molar-refractivity contribution in [2.45, 2.75) is 30.6 Å². The summed E-state index contributed by atoms with van der Waals surface area (Å²) in [6.07, 6.45) is 4.01. The molecular formula is C23H26N2O5S. The molecule has 1 saturated heterocycles. The van der Waals surface area contributed by atoms with E-state index in [9.17, 15) is 13.2 Å². The van der Waals surface area contributed by atoms with Crippen LogP contribution in [0.5, 0.6) is 11.5 Å². The monoisotopic (exact) mass is 442 g/mol. The van der Waals surface area contributed by atoms with Crippen molar-refractivity contribution in [3.8, 4) is 11.5 Å². The van der Waals surface area contributed by atoms with E-state index in [1.165, 1.54) is 21.5 Å². The summed E-state index contributed by atoms with van der Waals surface area (Å²) in [5, 5.41) is 0. The number of sulfonamides is 1.